The van der Waals surface area contributed by atoms with Crippen molar-refractivity contribution in [1.29, 1.82) is 0 Å². The average molecular weight is 290 g/mol. The number of hydrogen-bond donors (Lipinski definition) is 2. The fourth-order valence-electron chi connectivity index (χ4n) is 1.78. The summed E-state index contributed by atoms with van der Waals surface area (Å²) in [5.74, 6) is -1.03. The molecule has 1 aromatic carbocycles. The van der Waals surface area contributed by atoms with Crippen molar-refractivity contribution < 1.29 is 14.4 Å². The van der Waals surface area contributed by atoms with E-state index in [0.717, 1.165) is 5.56 Å². The van der Waals surface area contributed by atoms with Gasteiger partial charge in [-0.3, -0.25) is 19.7 Å². The maximum absolute atomic E-state index is 11.9. The van der Waals surface area contributed by atoms with Gasteiger partial charge in [0.1, 0.15) is 6.04 Å². The van der Waals surface area contributed by atoms with Crippen LogP contribution in [0.5, 0.6) is 0 Å². The molecule has 1 aliphatic rings. The predicted molar refractivity (Wildman–Crippen MR) is 80.8 cm³/mol. The molecule has 1 atom stereocenters. The highest BCUT2D eigenvalue weighted by atomic mass is 16.2. The van der Waals surface area contributed by atoms with Crippen molar-refractivity contribution >= 4 is 17.7 Å². The number of imide groups is 1. The number of aryl methyl sites for hydroxylation is 1. The first-order valence-electron chi connectivity index (χ1n) is 7.19. The number of benzene rings is 1. The highest BCUT2D eigenvalue weighted by molar-refractivity contribution is 6.03. The van der Waals surface area contributed by atoms with Gasteiger partial charge >= 0.3 is 0 Å². The number of carbonyl (C=O) groups excluding carboxylic acids is 3. The van der Waals surface area contributed by atoms with Gasteiger partial charge in [0.05, 0.1) is 0 Å². The minimum Gasteiger partial charge on any atom is -0.340 e. The Morgan fingerprint density at radius 3 is 2.33 bits per heavy atom. The summed E-state index contributed by atoms with van der Waals surface area (Å²) in [7, 11) is 0. The van der Waals surface area contributed by atoms with E-state index in [-0.39, 0.29) is 18.2 Å². The molecule has 0 saturated carbocycles. The first-order valence-corrected chi connectivity index (χ1v) is 7.19. The molecule has 2 rings (SSSR count). The number of hydrogen-bond acceptors (Lipinski definition) is 3. The van der Waals surface area contributed by atoms with E-state index in [1.54, 1.807) is 12.1 Å². The van der Waals surface area contributed by atoms with Gasteiger partial charge in [0.2, 0.25) is 11.8 Å². The number of amides is 3. The standard InChI is InChI=1S/C13H14N2O3.C3H8/c1-8-2-4-9(5-3-8)12(17)14-10-6-7-11(16)15-13(10)18;1-3-2/h2-5,10H,6-7H2,1H3,(H,14,17)(H,15,16,18);3H2,1-2H3. The summed E-state index contributed by atoms with van der Waals surface area (Å²) in [4.78, 5) is 34.3. The van der Waals surface area contributed by atoms with E-state index < -0.39 is 11.9 Å². The molecular weight excluding hydrogens is 268 g/mol. The van der Waals surface area contributed by atoms with Crippen LogP contribution in [0.15, 0.2) is 24.3 Å². The predicted octanol–water partition coefficient (Wildman–Crippen LogP) is 1.95. The Balaban J connectivity index is 0.000000677. The van der Waals surface area contributed by atoms with Crippen molar-refractivity contribution in [3.8, 4) is 0 Å². The quantitative estimate of drug-likeness (QED) is 0.817. The molecule has 0 aromatic heterocycles. The largest absolute Gasteiger partial charge is 0.340 e. The van der Waals surface area contributed by atoms with E-state index in [1.807, 2.05) is 19.1 Å². The normalized spacial score (nSPS) is 17.4. The lowest BCUT2D eigenvalue weighted by Gasteiger charge is -2.21. The molecule has 5 heteroatoms. The summed E-state index contributed by atoms with van der Waals surface area (Å²) >= 11 is 0. The molecule has 1 unspecified atom stereocenters. The fourth-order valence-corrected chi connectivity index (χ4v) is 1.78. The van der Waals surface area contributed by atoms with Crippen LogP contribution in [0.4, 0.5) is 0 Å². The van der Waals surface area contributed by atoms with Gasteiger partial charge in [-0.25, -0.2) is 0 Å². The lowest BCUT2D eigenvalue weighted by molar-refractivity contribution is -0.134. The monoisotopic (exact) mass is 290 g/mol. The van der Waals surface area contributed by atoms with Crippen molar-refractivity contribution in [3.63, 3.8) is 0 Å². The van der Waals surface area contributed by atoms with Gasteiger partial charge in [0.25, 0.3) is 5.91 Å². The average Bonchev–Trinajstić information content (AvgIpc) is 2.43. The molecule has 0 aliphatic carbocycles. The minimum atomic E-state index is -0.628. The van der Waals surface area contributed by atoms with Crippen molar-refractivity contribution in [2.24, 2.45) is 0 Å². The Bertz CT molecular complexity index is 509. The molecule has 0 bridgehead atoms. The van der Waals surface area contributed by atoms with Crippen LogP contribution in [0.25, 0.3) is 0 Å². The molecule has 114 valence electrons. The van der Waals surface area contributed by atoms with Gasteiger partial charge in [-0.15, -0.1) is 0 Å². The van der Waals surface area contributed by atoms with E-state index >= 15 is 0 Å². The molecule has 0 radical (unpaired) electrons. The van der Waals surface area contributed by atoms with Crippen molar-refractivity contribution in [3.05, 3.63) is 35.4 Å². The molecule has 1 aromatic rings. The van der Waals surface area contributed by atoms with Crippen LogP contribution in [0.3, 0.4) is 0 Å². The zero-order chi connectivity index (χ0) is 15.8. The van der Waals surface area contributed by atoms with E-state index in [2.05, 4.69) is 24.5 Å². The summed E-state index contributed by atoms with van der Waals surface area (Å²) in [6, 6.07) is 6.45. The summed E-state index contributed by atoms with van der Waals surface area (Å²) < 4.78 is 0. The SMILES string of the molecule is CCC.Cc1ccc(C(=O)NC2CCC(=O)NC2=O)cc1. The van der Waals surface area contributed by atoms with Gasteiger partial charge in [-0.2, -0.15) is 0 Å². The van der Waals surface area contributed by atoms with Crippen LogP contribution in [-0.4, -0.2) is 23.8 Å². The number of nitrogens with one attached hydrogen (secondary N) is 2. The molecule has 1 saturated heterocycles. The molecule has 1 fully saturated rings. The van der Waals surface area contributed by atoms with Crippen molar-refractivity contribution in [2.45, 2.75) is 46.1 Å². The van der Waals surface area contributed by atoms with Crippen LogP contribution in [0.1, 0.15) is 49.0 Å². The molecule has 2 N–H and O–H groups in total. The third kappa shape index (κ3) is 5.38. The third-order valence-corrected chi connectivity index (χ3v) is 2.86. The zero-order valence-electron chi connectivity index (χ0n) is 12.7. The second kappa shape index (κ2) is 8.19. The van der Waals surface area contributed by atoms with Gasteiger partial charge < -0.3 is 5.32 Å². The topological polar surface area (TPSA) is 75.3 Å². The van der Waals surface area contributed by atoms with Crippen LogP contribution in [-0.2, 0) is 9.59 Å². The molecule has 1 aliphatic heterocycles. The summed E-state index contributed by atoms with van der Waals surface area (Å²) in [5.41, 5.74) is 1.57. The van der Waals surface area contributed by atoms with E-state index in [1.165, 1.54) is 6.42 Å². The van der Waals surface area contributed by atoms with Gasteiger partial charge in [0.15, 0.2) is 0 Å². The van der Waals surface area contributed by atoms with Crippen LogP contribution < -0.4 is 10.6 Å². The Morgan fingerprint density at radius 1 is 1.24 bits per heavy atom. The Hall–Kier alpha value is -2.17. The Labute approximate surface area is 125 Å². The summed E-state index contributed by atoms with van der Waals surface area (Å²) in [6.45, 7) is 6.18. The summed E-state index contributed by atoms with van der Waals surface area (Å²) in [5, 5.41) is 4.82. The summed E-state index contributed by atoms with van der Waals surface area (Å²) in [6.07, 6.45) is 1.85. The van der Waals surface area contributed by atoms with Crippen LogP contribution in [0.2, 0.25) is 0 Å². The third-order valence-electron chi connectivity index (χ3n) is 2.86. The maximum atomic E-state index is 11.9. The first-order chi connectivity index (χ1) is 9.97. The minimum absolute atomic E-state index is 0.255. The fraction of sp³-hybridized carbons (Fsp3) is 0.438. The molecule has 0 spiro atoms. The highest BCUT2D eigenvalue weighted by Crippen LogP contribution is 2.07. The molecule has 3 amide bonds. The van der Waals surface area contributed by atoms with Crippen LogP contribution in [0, 0.1) is 6.92 Å². The Morgan fingerprint density at radius 2 is 1.81 bits per heavy atom. The molecule has 5 nitrogen and oxygen atoms in total. The van der Waals surface area contributed by atoms with Crippen molar-refractivity contribution in [2.75, 3.05) is 0 Å². The van der Waals surface area contributed by atoms with Gasteiger partial charge in [-0.05, 0) is 25.5 Å². The number of piperidine rings is 1. The smallest absolute Gasteiger partial charge is 0.251 e. The van der Waals surface area contributed by atoms with Gasteiger partial charge in [0, 0.05) is 12.0 Å². The second-order valence-corrected chi connectivity index (χ2v) is 5.05. The number of carbonyl (C=O) groups is 3. The van der Waals surface area contributed by atoms with Crippen molar-refractivity contribution in [1.82, 2.24) is 10.6 Å². The molecular formula is C16H22N2O3. The lowest BCUT2D eigenvalue weighted by atomic mass is 10.1. The lowest BCUT2D eigenvalue weighted by Crippen LogP contribution is -2.52. The number of rotatable bonds is 2. The first kappa shape index (κ1) is 16.9. The Kier molecular flexibility index (Phi) is 6.59. The van der Waals surface area contributed by atoms with E-state index in [4.69, 9.17) is 0 Å². The highest BCUT2D eigenvalue weighted by Gasteiger charge is 2.27. The van der Waals surface area contributed by atoms with Gasteiger partial charge in [-0.1, -0.05) is 38.0 Å². The van der Waals surface area contributed by atoms with Crippen LogP contribution >= 0.6 is 0 Å². The molecule has 1 heterocycles. The van der Waals surface area contributed by atoms with E-state index in [9.17, 15) is 14.4 Å². The second-order valence-electron chi connectivity index (χ2n) is 5.05. The molecule has 21 heavy (non-hydrogen) atoms. The van der Waals surface area contributed by atoms with E-state index in [0.29, 0.717) is 12.0 Å². The zero-order valence-corrected chi connectivity index (χ0v) is 12.7. The maximum Gasteiger partial charge on any atom is 0.251 e.